The number of benzene rings is 2. The maximum atomic E-state index is 12.8. The van der Waals surface area contributed by atoms with E-state index in [0.717, 1.165) is 23.3 Å². The summed E-state index contributed by atoms with van der Waals surface area (Å²) >= 11 is 0. The Balaban J connectivity index is 1.78. The second kappa shape index (κ2) is 7.41. The molecule has 2 aromatic carbocycles. The molecule has 1 aliphatic rings. The van der Waals surface area contributed by atoms with Gasteiger partial charge >= 0.3 is 12.3 Å². The molecule has 1 aliphatic heterocycles. The van der Waals surface area contributed by atoms with E-state index < -0.39 is 35.5 Å². The van der Waals surface area contributed by atoms with Crippen molar-refractivity contribution in [2.45, 2.75) is 32.0 Å². The molecule has 0 aliphatic carbocycles. The number of carbonyl (C=O) groups excluding carboxylic acids is 2. The molecular formula is C19H17F3N2O4. The molecule has 3 N–H and O–H groups in total. The van der Waals surface area contributed by atoms with E-state index in [1.165, 1.54) is 6.07 Å². The summed E-state index contributed by atoms with van der Waals surface area (Å²) in [6.45, 7) is 1.90. The Morgan fingerprint density at radius 1 is 1.11 bits per heavy atom. The van der Waals surface area contributed by atoms with Crippen LogP contribution in [0.2, 0.25) is 0 Å². The van der Waals surface area contributed by atoms with E-state index >= 15 is 0 Å². The first-order valence-corrected chi connectivity index (χ1v) is 8.45. The Bertz CT molecular complexity index is 928. The van der Waals surface area contributed by atoms with Crippen molar-refractivity contribution in [1.82, 2.24) is 5.32 Å². The van der Waals surface area contributed by atoms with Gasteiger partial charge in [-0.1, -0.05) is 13.0 Å². The molecule has 0 radical (unpaired) electrons. The second-order valence-corrected chi connectivity index (χ2v) is 6.22. The molecule has 1 heterocycles. The topological polar surface area (TPSA) is 90.7 Å². The monoisotopic (exact) mass is 394 g/mol. The van der Waals surface area contributed by atoms with Crippen LogP contribution in [0.5, 0.6) is 11.5 Å². The zero-order chi connectivity index (χ0) is 20.5. The van der Waals surface area contributed by atoms with Crippen molar-refractivity contribution in [3.8, 4) is 11.5 Å². The molecule has 1 saturated heterocycles. The lowest BCUT2D eigenvalue weighted by molar-refractivity contribution is -0.136. The number of halogens is 3. The zero-order valence-electron chi connectivity index (χ0n) is 14.8. The maximum Gasteiger partial charge on any atom is 0.418 e. The first-order valence-electron chi connectivity index (χ1n) is 8.45. The van der Waals surface area contributed by atoms with Crippen LogP contribution in [0.25, 0.3) is 0 Å². The number of alkyl halides is 3. The molecule has 0 bridgehead atoms. The summed E-state index contributed by atoms with van der Waals surface area (Å²) in [5, 5.41) is 2.07. The van der Waals surface area contributed by atoms with E-state index in [1.54, 1.807) is 18.2 Å². The van der Waals surface area contributed by atoms with Crippen molar-refractivity contribution in [3.05, 3.63) is 53.1 Å². The maximum absolute atomic E-state index is 12.8. The van der Waals surface area contributed by atoms with Gasteiger partial charge in [-0.3, -0.25) is 10.1 Å². The SMILES string of the molecule is CCc1cc(Oc2ccc(C(F)(F)F)c(N)c2)ccc1CC1OC(=O)NC1=O. The predicted octanol–water partition coefficient (Wildman–Crippen LogP) is 3.82. The molecule has 0 aromatic heterocycles. The number of ether oxygens (including phenoxy) is 2. The number of carbonyl (C=O) groups is 2. The van der Waals surface area contributed by atoms with Crippen LogP contribution in [0.15, 0.2) is 36.4 Å². The highest BCUT2D eigenvalue weighted by Crippen LogP contribution is 2.36. The van der Waals surface area contributed by atoms with Crippen molar-refractivity contribution < 1.29 is 32.2 Å². The largest absolute Gasteiger partial charge is 0.457 e. The van der Waals surface area contributed by atoms with Gasteiger partial charge in [0.1, 0.15) is 11.5 Å². The molecule has 3 rings (SSSR count). The minimum atomic E-state index is -4.53. The van der Waals surface area contributed by atoms with E-state index in [9.17, 15) is 22.8 Å². The number of hydrogen-bond acceptors (Lipinski definition) is 5. The van der Waals surface area contributed by atoms with Gasteiger partial charge in [-0.25, -0.2) is 4.79 Å². The van der Waals surface area contributed by atoms with Gasteiger partial charge in [0.05, 0.1) is 5.56 Å². The number of alkyl carbamates (subject to hydrolysis) is 1. The Hall–Kier alpha value is -3.23. The van der Waals surface area contributed by atoms with Gasteiger partial charge in [0.15, 0.2) is 6.10 Å². The fraction of sp³-hybridized carbons (Fsp3) is 0.263. The number of amides is 2. The van der Waals surface area contributed by atoms with E-state index in [0.29, 0.717) is 12.2 Å². The fourth-order valence-electron chi connectivity index (χ4n) is 2.92. The first-order chi connectivity index (χ1) is 13.2. The Morgan fingerprint density at radius 2 is 1.79 bits per heavy atom. The third-order valence-corrected chi connectivity index (χ3v) is 4.30. The van der Waals surface area contributed by atoms with Gasteiger partial charge in [-0.2, -0.15) is 13.2 Å². The minimum Gasteiger partial charge on any atom is -0.457 e. The Kier molecular flexibility index (Phi) is 5.17. The highest BCUT2D eigenvalue weighted by atomic mass is 19.4. The normalized spacial score (nSPS) is 16.6. The van der Waals surface area contributed by atoms with E-state index in [-0.39, 0.29) is 12.2 Å². The Labute approximate surface area is 158 Å². The average Bonchev–Trinajstić information content (AvgIpc) is 2.92. The second-order valence-electron chi connectivity index (χ2n) is 6.22. The summed E-state index contributed by atoms with van der Waals surface area (Å²) in [7, 11) is 0. The van der Waals surface area contributed by atoms with E-state index in [2.05, 4.69) is 5.32 Å². The van der Waals surface area contributed by atoms with Crippen molar-refractivity contribution in [1.29, 1.82) is 0 Å². The number of imide groups is 1. The number of rotatable bonds is 5. The van der Waals surface area contributed by atoms with Crippen LogP contribution < -0.4 is 15.8 Å². The number of anilines is 1. The molecule has 0 spiro atoms. The molecule has 9 heteroatoms. The van der Waals surface area contributed by atoms with Crippen LogP contribution in [0, 0.1) is 0 Å². The Morgan fingerprint density at radius 3 is 2.36 bits per heavy atom. The van der Waals surface area contributed by atoms with Crippen LogP contribution >= 0.6 is 0 Å². The highest BCUT2D eigenvalue weighted by molar-refractivity contribution is 6.00. The lowest BCUT2D eigenvalue weighted by Crippen LogP contribution is -2.26. The third kappa shape index (κ3) is 4.19. The smallest absolute Gasteiger partial charge is 0.418 e. The standard InChI is InChI=1S/C19H17F3N2O4/c1-2-10-7-12(4-3-11(10)8-16-17(25)24-18(26)28-16)27-13-5-6-14(15(23)9-13)19(20,21)22/h3-7,9,16H,2,8,23H2,1H3,(H,24,25,26). The zero-order valence-corrected chi connectivity index (χ0v) is 14.8. The minimum absolute atomic E-state index is 0.171. The van der Waals surface area contributed by atoms with Crippen LogP contribution in [0.4, 0.5) is 23.7 Å². The molecule has 148 valence electrons. The predicted molar refractivity (Wildman–Crippen MR) is 93.9 cm³/mol. The molecule has 6 nitrogen and oxygen atoms in total. The third-order valence-electron chi connectivity index (χ3n) is 4.30. The van der Waals surface area contributed by atoms with Crippen LogP contribution in [-0.4, -0.2) is 18.1 Å². The summed E-state index contributed by atoms with van der Waals surface area (Å²) in [4.78, 5) is 22.8. The van der Waals surface area contributed by atoms with Gasteiger partial charge < -0.3 is 15.2 Å². The number of nitrogen functional groups attached to an aromatic ring is 1. The number of nitrogens with two attached hydrogens (primary N) is 1. The van der Waals surface area contributed by atoms with E-state index in [4.69, 9.17) is 15.2 Å². The van der Waals surface area contributed by atoms with Crippen molar-refractivity contribution in [2.24, 2.45) is 0 Å². The number of cyclic esters (lactones) is 1. The van der Waals surface area contributed by atoms with Gasteiger partial charge in [-0.15, -0.1) is 0 Å². The molecule has 1 unspecified atom stereocenters. The highest BCUT2D eigenvalue weighted by Gasteiger charge is 2.33. The van der Waals surface area contributed by atoms with Crippen LogP contribution in [0.3, 0.4) is 0 Å². The van der Waals surface area contributed by atoms with Crippen LogP contribution in [0.1, 0.15) is 23.6 Å². The molecule has 2 aromatic rings. The lowest BCUT2D eigenvalue weighted by atomic mass is 9.99. The average molecular weight is 394 g/mol. The molecule has 1 atom stereocenters. The molecule has 28 heavy (non-hydrogen) atoms. The van der Waals surface area contributed by atoms with Gasteiger partial charge in [0.25, 0.3) is 5.91 Å². The number of hydrogen-bond donors (Lipinski definition) is 2. The van der Waals surface area contributed by atoms with Crippen molar-refractivity contribution in [2.75, 3.05) is 5.73 Å². The van der Waals surface area contributed by atoms with E-state index in [1.807, 2.05) is 6.92 Å². The van der Waals surface area contributed by atoms with Gasteiger partial charge in [-0.05, 0) is 41.8 Å². The van der Waals surface area contributed by atoms with Gasteiger partial charge in [0, 0.05) is 18.2 Å². The molecule has 1 fully saturated rings. The number of nitrogens with one attached hydrogen (secondary N) is 1. The summed E-state index contributed by atoms with van der Waals surface area (Å²) in [5.41, 5.74) is 5.79. The fourth-order valence-corrected chi connectivity index (χ4v) is 2.92. The van der Waals surface area contributed by atoms with Gasteiger partial charge in [0.2, 0.25) is 0 Å². The molecule has 0 saturated carbocycles. The molecular weight excluding hydrogens is 377 g/mol. The summed E-state index contributed by atoms with van der Waals surface area (Å²) in [6.07, 6.45) is -5.36. The number of aryl methyl sites for hydroxylation is 1. The van der Waals surface area contributed by atoms with Crippen LogP contribution in [-0.2, 0) is 28.5 Å². The first kappa shape index (κ1) is 19.5. The quantitative estimate of drug-likeness (QED) is 0.753. The summed E-state index contributed by atoms with van der Waals surface area (Å²) in [6, 6.07) is 8.24. The van der Waals surface area contributed by atoms with Crippen molar-refractivity contribution >= 4 is 17.7 Å². The van der Waals surface area contributed by atoms with Crippen molar-refractivity contribution in [3.63, 3.8) is 0 Å². The lowest BCUT2D eigenvalue weighted by Gasteiger charge is -2.14. The summed E-state index contributed by atoms with van der Waals surface area (Å²) in [5.74, 6) is 0.0876. The summed E-state index contributed by atoms with van der Waals surface area (Å²) < 4.78 is 48.9. The molecule has 2 amide bonds.